The van der Waals surface area contributed by atoms with Crippen LogP contribution < -0.4 is 5.32 Å². The van der Waals surface area contributed by atoms with Gasteiger partial charge < -0.3 is 15.1 Å². The fourth-order valence-electron chi connectivity index (χ4n) is 4.56. The standard InChI is InChI=1S/C9H17NO.C8H17NO2S.C8H15NO.C7H15NO.C6H15NO2S/c1-9(2,3)8(11)10-6-4-5-7-10;1-8(2,3)12(10,11)9-6-4-5-7-9;1-8(2,3)7(10)9-6-4-5-6;1-7(2,3)6(9)8(4)5;1-6(2,3)10(8,9)7(4)5/h4-7H2,1-3H3;4-7H2,1-3H3;6H,4-5H2,1-3H3,(H,9,10);1-5H3;1-5H3. The summed E-state index contributed by atoms with van der Waals surface area (Å²) in [5.74, 6) is 0.646. The van der Waals surface area contributed by atoms with Crippen LogP contribution in [0.25, 0.3) is 0 Å². The van der Waals surface area contributed by atoms with Crippen molar-refractivity contribution in [3.05, 3.63) is 0 Å². The van der Waals surface area contributed by atoms with Crippen LogP contribution in [0.2, 0.25) is 0 Å². The van der Waals surface area contributed by atoms with Crippen molar-refractivity contribution < 1.29 is 31.2 Å². The van der Waals surface area contributed by atoms with Crippen LogP contribution in [0.5, 0.6) is 0 Å². The molecule has 0 aromatic rings. The Balaban J connectivity index is 0. The second-order valence-corrected chi connectivity index (χ2v) is 24.9. The number of carbonyl (C=O) groups is 3. The van der Waals surface area contributed by atoms with Crippen molar-refractivity contribution in [2.24, 2.45) is 16.2 Å². The van der Waals surface area contributed by atoms with Crippen LogP contribution >= 0.6 is 0 Å². The quantitative estimate of drug-likeness (QED) is 0.372. The first-order valence-corrected chi connectivity index (χ1v) is 21.5. The van der Waals surface area contributed by atoms with Crippen LogP contribution in [0.4, 0.5) is 0 Å². The Labute approximate surface area is 320 Å². The Hall–Kier alpha value is -1.77. The molecule has 3 aliphatic rings. The van der Waals surface area contributed by atoms with Crippen molar-refractivity contribution in [3.63, 3.8) is 0 Å². The average Bonchev–Trinajstić information content (AvgIpc) is 3.37. The van der Waals surface area contributed by atoms with E-state index in [2.05, 4.69) is 5.32 Å². The zero-order chi connectivity index (χ0) is 41.9. The van der Waals surface area contributed by atoms with E-state index in [0.717, 1.165) is 25.9 Å². The molecule has 0 radical (unpaired) electrons. The van der Waals surface area contributed by atoms with Gasteiger partial charge in [-0.25, -0.2) is 25.4 Å². The lowest BCUT2D eigenvalue weighted by atomic mass is 9.95. The van der Waals surface area contributed by atoms with Crippen LogP contribution in [0, 0.1) is 16.2 Å². The number of hydrogen-bond donors (Lipinski definition) is 1. The van der Waals surface area contributed by atoms with Crippen LogP contribution in [0.1, 0.15) is 142 Å². The van der Waals surface area contributed by atoms with Gasteiger partial charge in [-0.15, -0.1) is 0 Å². The Morgan fingerprint density at radius 3 is 1.17 bits per heavy atom. The molecule has 2 aliphatic heterocycles. The third-order valence-corrected chi connectivity index (χ3v) is 13.2. The summed E-state index contributed by atoms with van der Waals surface area (Å²) in [6, 6.07) is 0.492. The largest absolute Gasteiger partial charge is 0.353 e. The number of carbonyl (C=O) groups excluding carboxylic acids is 3. The second-order valence-electron chi connectivity index (χ2n) is 19.3. The fourth-order valence-corrected chi connectivity index (χ4v) is 7.17. The highest BCUT2D eigenvalue weighted by Crippen LogP contribution is 2.24. The van der Waals surface area contributed by atoms with Gasteiger partial charge in [0.2, 0.25) is 37.8 Å². The van der Waals surface area contributed by atoms with E-state index in [0.29, 0.717) is 25.0 Å². The maximum atomic E-state index is 11.8. The van der Waals surface area contributed by atoms with Gasteiger partial charge in [0.1, 0.15) is 0 Å². The minimum atomic E-state index is -3.08. The molecule has 12 nitrogen and oxygen atoms in total. The lowest BCUT2D eigenvalue weighted by molar-refractivity contribution is -0.138. The van der Waals surface area contributed by atoms with E-state index in [1.807, 2.05) is 67.2 Å². The first-order valence-electron chi connectivity index (χ1n) is 18.7. The van der Waals surface area contributed by atoms with Crippen molar-refractivity contribution >= 4 is 37.8 Å². The molecule has 0 bridgehead atoms. The molecule has 310 valence electrons. The molecule has 3 rings (SSSR count). The molecule has 1 aliphatic carbocycles. The van der Waals surface area contributed by atoms with Crippen LogP contribution in [-0.2, 0) is 34.4 Å². The van der Waals surface area contributed by atoms with Gasteiger partial charge in [0.25, 0.3) is 0 Å². The van der Waals surface area contributed by atoms with Crippen molar-refractivity contribution in [2.45, 2.75) is 158 Å². The number of nitrogens with zero attached hydrogens (tertiary/aromatic N) is 4. The van der Waals surface area contributed by atoms with E-state index in [-0.39, 0.29) is 28.1 Å². The first-order chi connectivity index (χ1) is 22.9. The molecule has 1 saturated carbocycles. The molecule has 52 heavy (non-hydrogen) atoms. The zero-order valence-electron chi connectivity index (χ0n) is 36.6. The predicted molar refractivity (Wildman–Crippen MR) is 216 cm³/mol. The molecule has 2 heterocycles. The molecule has 3 fully saturated rings. The Morgan fingerprint density at radius 1 is 0.577 bits per heavy atom. The van der Waals surface area contributed by atoms with E-state index >= 15 is 0 Å². The van der Waals surface area contributed by atoms with Crippen molar-refractivity contribution in [1.82, 2.24) is 23.7 Å². The molecule has 0 aromatic carbocycles. The molecule has 3 amide bonds. The van der Waals surface area contributed by atoms with Crippen LogP contribution in [-0.4, -0.2) is 123 Å². The normalized spacial score (nSPS) is 17.3. The molecule has 0 aromatic heterocycles. The van der Waals surface area contributed by atoms with Gasteiger partial charge in [-0.05, 0) is 80.1 Å². The number of nitrogens with one attached hydrogen (secondary N) is 1. The summed E-state index contributed by atoms with van der Waals surface area (Å²) in [7, 11) is 0.503. The molecular formula is C38H79N5O7S2. The maximum absolute atomic E-state index is 11.8. The Morgan fingerprint density at radius 2 is 0.962 bits per heavy atom. The highest BCUT2D eigenvalue weighted by molar-refractivity contribution is 7.90. The van der Waals surface area contributed by atoms with Gasteiger partial charge in [-0.3, -0.25) is 14.4 Å². The zero-order valence-corrected chi connectivity index (χ0v) is 38.2. The first kappa shape index (κ1) is 52.3. The molecule has 0 atom stereocenters. The van der Waals surface area contributed by atoms with Gasteiger partial charge in [0.05, 0.1) is 9.49 Å². The van der Waals surface area contributed by atoms with Gasteiger partial charge in [-0.1, -0.05) is 62.3 Å². The van der Waals surface area contributed by atoms with E-state index in [4.69, 9.17) is 0 Å². The van der Waals surface area contributed by atoms with Crippen molar-refractivity contribution in [2.75, 3.05) is 54.4 Å². The predicted octanol–water partition coefficient (Wildman–Crippen LogP) is 5.97. The monoisotopic (exact) mass is 782 g/mol. The molecule has 1 N–H and O–H groups in total. The summed E-state index contributed by atoms with van der Waals surface area (Å²) in [4.78, 5) is 37.5. The van der Waals surface area contributed by atoms with E-state index in [1.165, 1.54) is 30.0 Å². The van der Waals surface area contributed by atoms with Gasteiger partial charge in [0.15, 0.2) is 0 Å². The topological polar surface area (TPSA) is 144 Å². The molecule has 0 unspecified atom stereocenters. The summed E-state index contributed by atoms with van der Waals surface area (Å²) in [6.45, 7) is 31.1. The Kier molecular flexibility index (Phi) is 20.4. The fraction of sp³-hybridized carbons (Fsp3) is 0.921. The molecule has 14 heteroatoms. The lowest BCUT2D eigenvalue weighted by Gasteiger charge is -2.26. The van der Waals surface area contributed by atoms with Crippen LogP contribution in [0.3, 0.4) is 0 Å². The maximum Gasteiger partial charge on any atom is 0.227 e. The lowest BCUT2D eigenvalue weighted by Crippen LogP contribution is -2.41. The molecular weight excluding hydrogens is 703 g/mol. The summed E-state index contributed by atoms with van der Waals surface area (Å²) in [5, 5.41) is 2.95. The summed E-state index contributed by atoms with van der Waals surface area (Å²) >= 11 is 0. The van der Waals surface area contributed by atoms with E-state index in [9.17, 15) is 31.2 Å². The number of rotatable bonds is 3. The van der Waals surface area contributed by atoms with Crippen LogP contribution in [0.15, 0.2) is 0 Å². The molecule has 0 spiro atoms. The van der Waals surface area contributed by atoms with Gasteiger partial charge >= 0.3 is 0 Å². The number of hydrogen-bond acceptors (Lipinski definition) is 7. The smallest absolute Gasteiger partial charge is 0.227 e. The second kappa shape index (κ2) is 20.2. The summed E-state index contributed by atoms with van der Waals surface area (Å²) in [6.07, 6.45) is 6.72. The Bertz CT molecular complexity index is 1330. The third-order valence-electron chi connectivity index (χ3n) is 8.11. The number of amides is 3. The van der Waals surface area contributed by atoms with Gasteiger partial charge in [-0.2, -0.15) is 0 Å². The third kappa shape index (κ3) is 19.0. The minimum absolute atomic E-state index is 0.169. The highest BCUT2D eigenvalue weighted by Gasteiger charge is 2.36. The summed E-state index contributed by atoms with van der Waals surface area (Å²) in [5.41, 5.74) is -0.642. The SMILES string of the molecule is CC(C)(C)C(=O)N1CCCC1.CC(C)(C)C(=O)NC1CC1.CC(C)(C)S(=O)(=O)N1CCCC1.CN(C)C(=O)C(C)(C)C.CN(C)S(=O)(=O)C(C)(C)C. The van der Waals surface area contributed by atoms with Crippen molar-refractivity contribution in [1.29, 1.82) is 0 Å². The number of likely N-dealkylation sites (tertiary alicyclic amines) is 1. The number of sulfonamides is 2. The van der Waals surface area contributed by atoms with Gasteiger partial charge in [0, 0.05) is 76.7 Å². The minimum Gasteiger partial charge on any atom is -0.353 e. The van der Waals surface area contributed by atoms with E-state index in [1.54, 1.807) is 78.9 Å². The van der Waals surface area contributed by atoms with E-state index < -0.39 is 29.5 Å². The average molecular weight is 782 g/mol. The highest BCUT2D eigenvalue weighted by atomic mass is 32.2. The van der Waals surface area contributed by atoms with Crippen molar-refractivity contribution in [3.8, 4) is 0 Å². The summed E-state index contributed by atoms with van der Waals surface area (Å²) < 4.78 is 47.6. The molecule has 2 saturated heterocycles.